The molecule has 2 nitrogen and oxygen atoms in total. The molecule has 0 radical (unpaired) electrons. The Bertz CT molecular complexity index is 498. The van der Waals surface area contributed by atoms with Crippen LogP contribution in [-0.2, 0) is 13.0 Å². The van der Waals surface area contributed by atoms with Crippen molar-refractivity contribution in [1.82, 2.24) is 10.3 Å². The lowest BCUT2D eigenvalue weighted by atomic mass is 10.1. The van der Waals surface area contributed by atoms with Gasteiger partial charge in [0.05, 0.1) is 10.7 Å². The van der Waals surface area contributed by atoms with Gasteiger partial charge in [-0.15, -0.1) is 22.7 Å². The highest BCUT2D eigenvalue weighted by Gasteiger charge is 2.14. The molecule has 0 spiro atoms. The van der Waals surface area contributed by atoms with Crippen molar-refractivity contribution in [2.75, 3.05) is 0 Å². The summed E-state index contributed by atoms with van der Waals surface area (Å²) < 4.78 is 0. The van der Waals surface area contributed by atoms with Gasteiger partial charge >= 0.3 is 0 Å². The van der Waals surface area contributed by atoms with E-state index < -0.39 is 0 Å². The average molecular weight is 294 g/mol. The molecular weight excluding hydrogens is 272 g/mol. The Morgan fingerprint density at radius 3 is 2.63 bits per heavy atom. The van der Waals surface area contributed by atoms with Crippen LogP contribution >= 0.6 is 22.7 Å². The number of thiazole rings is 1. The third-order valence-electron chi connectivity index (χ3n) is 2.90. The minimum Gasteiger partial charge on any atom is -0.310 e. The Morgan fingerprint density at radius 1 is 1.26 bits per heavy atom. The summed E-state index contributed by atoms with van der Waals surface area (Å²) in [4.78, 5) is 7.64. The standard InChI is InChI=1S/C15H22N2S2/c1-10(2)15-13(9-16-11(3)4)19-14(17-15)8-12-6-5-7-18-12/h5-7,10-11,16H,8-9H2,1-4H3. The van der Waals surface area contributed by atoms with Crippen molar-refractivity contribution in [2.45, 2.75) is 52.6 Å². The molecule has 0 aromatic carbocycles. The molecular formula is C15H22N2S2. The molecule has 19 heavy (non-hydrogen) atoms. The highest BCUT2D eigenvalue weighted by atomic mass is 32.1. The number of nitrogens with one attached hydrogen (secondary N) is 1. The van der Waals surface area contributed by atoms with E-state index in [0.717, 1.165) is 13.0 Å². The molecule has 2 aromatic heterocycles. The minimum absolute atomic E-state index is 0.497. The third-order valence-corrected chi connectivity index (χ3v) is 4.84. The number of thiophene rings is 1. The van der Waals surface area contributed by atoms with E-state index in [1.54, 1.807) is 0 Å². The molecule has 0 unspecified atom stereocenters. The van der Waals surface area contributed by atoms with Gasteiger partial charge in [0.2, 0.25) is 0 Å². The number of hydrogen-bond donors (Lipinski definition) is 1. The predicted octanol–water partition coefficient (Wildman–Crippen LogP) is 4.42. The summed E-state index contributed by atoms with van der Waals surface area (Å²) in [6, 6.07) is 4.81. The van der Waals surface area contributed by atoms with E-state index in [2.05, 4.69) is 50.5 Å². The molecule has 2 aromatic rings. The van der Waals surface area contributed by atoms with Crippen molar-refractivity contribution >= 4 is 22.7 Å². The van der Waals surface area contributed by atoms with Gasteiger partial charge in [0.1, 0.15) is 0 Å². The van der Waals surface area contributed by atoms with Crippen LogP contribution in [-0.4, -0.2) is 11.0 Å². The zero-order valence-electron chi connectivity index (χ0n) is 12.1. The molecule has 0 saturated carbocycles. The topological polar surface area (TPSA) is 24.9 Å². The maximum absolute atomic E-state index is 4.85. The molecule has 0 saturated heterocycles. The van der Waals surface area contributed by atoms with Crippen LogP contribution in [0, 0.1) is 0 Å². The Hall–Kier alpha value is -0.710. The van der Waals surface area contributed by atoms with Crippen molar-refractivity contribution in [3.8, 4) is 0 Å². The van der Waals surface area contributed by atoms with Crippen molar-refractivity contribution in [1.29, 1.82) is 0 Å². The molecule has 0 amide bonds. The first-order valence-electron chi connectivity index (χ1n) is 6.80. The van der Waals surface area contributed by atoms with Gasteiger partial charge in [-0.3, -0.25) is 0 Å². The second-order valence-corrected chi connectivity index (χ2v) is 7.56. The Kier molecular flexibility index (Phi) is 5.13. The zero-order valence-corrected chi connectivity index (χ0v) is 13.7. The van der Waals surface area contributed by atoms with Crippen molar-refractivity contribution in [2.24, 2.45) is 0 Å². The molecule has 0 aliphatic heterocycles. The normalized spacial score (nSPS) is 11.7. The number of rotatable bonds is 6. The molecule has 0 fully saturated rings. The lowest BCUT2D eigenvalue weighted by Gasteiger charge is -2.09. The zero-order chi connectivity index (χ0) is 13.8. The first-order chi connectivity index (χ1) is 9.06. The van der Waals surface area contributed by atoms with E-state index in [9.17, 15) is 0 Å². The molecule has 0 bridgehead atoms. The molecule has 4 heteroatoms. The lowest BCUT2D eigenvalue weighted by Crippen LogP contribution is -2.22. The number of nitrogens with zero attached hydrogens (tertiary/aromatic N) is 1. The van der Waals surface area contributed by atoms with Gasteiger partial charge in [-0.25, -0.2) is 4.98 Å². The van der Waals surface area contributed by atoms with Crippen LogP contribution < -0.4 is 5.32 Å². The summed E-state index contributed by atoms with van der Waals surface area (Å²) in [5.74, 6) is 0.497. The molecule has 0 aliphatic rings. The minimum atomic E-state index is 0.497. The third kappa shape index (κ3) is 4.13. The quantitative estimate of drug-likeness (QED) is 0.853. The average Bonchev–Trinajstić information content (AvgIpc) is 2.96. The Labute approximate surface area is 123 Å². The summed E-state index contributed by atoms with van der Waals surface area (Å²) in [7, 11) is 0. The van der Waals surface area contributed by atoms with Crippen LogP contribution in [0.4, 0.5) is 0 Å². The van der Waals surface area contributed by atoms with Crippen LogP contribution in [0.5, 0.6) is 0 Å². The highest BCUT2D eigenvalue weighted by molar-refractivity contribution is 7.12. The SMILES string of the molecule is CC(C)NCc1sc(Cc2cccs2)nc1C(C)C. The van der Waals surface area contributed by atoms with Crippen LogP contribution in [0.1, 0.15) is 54.1 Å². The molecule has 2 rings (SSSR count). The maximum atomic E-state index is 4.85. The highest BCUT2D eigenvalue weighted by Crippen LogP contribution is 2.27. The second-order valence-electron chi connectivity index (χ2n) is 5.36. The van der Waals surface area contributed by atoms with Crippen LogP contribution in [0.2, 0.25) is 0 Å². The molecule has 1 N–H and O–H groups in total. The summed E-state index contributed by atoms with van der Waals surface area (Å²) >= 11 is 3.67. The van der Waals surface area contributed by atoms with E-state index in [4.69, 9.17) is 4.98 Å². The molecule has 0 atom stereocenters. The van der Waals surface area contributed by atoms with Crippen LogP contribution in [0.3, 0.4) is 0 Å². The summed E-state index contributed by atoms with van der Waals surface area (Å²) in [6.45, 7) is 9.75. The number of aromatic nitrogens is 1. The van der Waals surface area contributed by atoms with Crippen molar-refractivity contribution in [3.63, 3.8) is 0 Å². The van der Waals surface area contributed by atoms with Gasteiger partial charge in [0, 0.05) is 28.8 Å². The van der Waals surface area contributed by atoms with Crippen molar-refractivity contribution in [3.05, 3.63) is 38.0 Å². The van der Waals surface area contributed by atoms with Crippen LogP contribution in [0.25, 0.3) is 0 Å². The van der Waals surface area contributed by atoms with E-state index in [1.807, 2.05) is 22.7 Å². The summed E-state index contributed by atoms with van der Waals surface area (Å²) in [5.41, 5.74) is 1.27. The fourth-order valence-electron chi connectivity index (χ4n) is 1.93. The summed E-state index contributed by atoms with van der Waals surface area (Å²) in [6.07, 6.45) is 0.976. The molecule has 2 heterocycles. The lowest BCUT2D eigenvalue weighted by molar-refractivity contribution is 0.588. The van der Waals surface area contributed by atoms with E-state index in [-0.39, 0.29) is 0 Å². The van der Waals surface area contributed by atoms with Crippen molar-refractivity contribution < 1.29 is 0 Å². The van der Waals surface area contributed by atoms with E-state index in [1.165, 1.54) is 20.5 Å². The Balaban J connectivity index is 2.14. The van der Waals surface area contributed by atoms with Crippen LogP contribution in [0.15, 0.2) is 17.5 Å². The van der Waals surface area contributed by atoms with Gasteiger partial charge in [0.25, 0.3) is 0 Å². The van der Waals surface area contributed by atoms with Gasteiger partial charge in [0.15, 0.2) is 0 Å². The number of hydrogen-bond acceptors (Lipinski definition) is 4. The van der Waals surface area contributed by atoms with E-state index in [0.29, 0.717) is 12.0 Å². The first-order valence-corrected chi connectivity index (χ1v) is 8.50. The van der Waals surface area contributed by atoms with Gasteiger partial charge in [-0.05, 0) is 17.4 Å². The summed E-state index contributed by atoms with van der Waals surface area (Å²) in [5, 5.41) is 6.88. The smallest absolute Gasteiger partial charge is 0.0983 e. The largest absolute Gasteiger partial charge is 0.310 e. The maximum Gasteiger partial charge on any atom is 0.0983 e. The van der Waals surface area contributed by atoms with Gasteiger partial charge < -0.3 is 5.32 Å². The fraction of sp³-hybridized carbons (Fsp3) is 0.533. The van der Waals surface area contributed by atoms with E-state index >= 15 is 0 Å². The molecule has 0 aliphatic carbocycles. The predicted molar refractivity (Wildman–Crippen MR) is 85.3 cm³/mol. The van der Waals surface area contributed by atoms with Gasteiger partial charge in [-0.2, -0.15) is 0 Å². The van der Waals surface area contributed by atoms with Gasteiger partial charge in [-0.1, -0.05) is 33.8 Å². The fourth-order valence-corrected chi connectivity index (χ4v) is 3.92. The second kappa shape index (κ2) is 6.64. The molecule has 104 valence electrons. The first kappa shape index (κ1) is 14.7. The Morgan fingerprint density at radius 2 is 2.05 bits per heavy atom. The monoisotopic (exact) mass is 294 g/mol.